The molecule has 0 spiro atoms. The Morgan fingerprint density at radius 2 is 1.60 bits per heavy atom. The summed E-state index contributed by atoms with van der Waals surface area (Å²) in [5.41, 5.74) is 0.387. The van der Waals surface area contributed by atoms with E-state index >= 15 is 0 Å². The van der Waals surface area contributed by atoms with Crippen molar-refractivity contribution in [2.75, 3.05) is 13.1 Å². The van der Waals surface area contributed by atoms with Crippen molar-refractivity contribution in [2.45, 2.75) is 19.8 Å². The molecule has 2 N–H and O–H groups in total. The molecule has 20 heavy (non-hydrogen) atoms. The number of nitrogens with one attached hydrogen (secondary N) is 2. The lowest BCUT2D eigenvalue weighted by molar-refractivity contribution is -0.122. The van der Waals surface area contributed by atoms with Gasteiger partial charge >= 0.3 is 0 Å². The summed E-state index contributed by atoms with van der Waals surface area (Å²) < 4.78 is 12.7. The maximum atomic E-state index is 12.7. The number of hydrogen-bond acceptors (Lipinski definition) is 3. The van der Waals surface area contributed by atoms with E-state index in [4.69, 9.17) is 0 Å². The van der Waals surface area contributed by atoms with Crippen LogP contribution in [0.1, 0.15) is 30.1 Å². The number of carbonyl (C=O) groups excluding carboxylic acids is 3. The van der Waals surface area contributed by atoms with E-state index in [0.29, 0.717) is 18.7 Å². The number of carbonyl (C=O) groups is 3. The monoisotopic (exact) mass is 280 g/mol. The average Bonchev–Trinajstić information content (AvgIpc) is 2.41. The summed E-state index contributed by atoms with van der Waals surface area (Å²) in [6.45, 7) is 2.07. The predicted molar refractivity (Wildman–Crippen MR) is 71.7 cm³/mol. The molecule has 108 valence electrons. The van der Waals surface area contributed by atoms with E-state index in [2.05, 4.69) is 10.6 Å². The van der Waals surface area contributed by atoms with Gasteiger partial charge in [-0.05, 0) is 24.3 Å². The molecule has 0 bridgehead atoms. The molecule has 0 saturated heterocycles. The summed E-state index contributed by atoms with van der Waals surface area (Å²) in [5.74, 6) is -1.03. The zero-order chi connectivity index (χ0) is 15.0. The largest absolute Gasteiger partial charge is 0.355 e. The second-order valence-electron chi connectivity index (χ2n) is 4.26. The van der Waals surface area contributed by atoms with Gasteiger partial charge in [0, 0.05) is 38.4 Å². The van der Waals surface area contributed by atoms with E-state index in [1.165, 1.54) is 31.2 Å². The van der Waals surface area contributed by atoms with Crippen LogP contribution >= 0.6 is 0 Å². The second kappa shape index (κ2) is 8.04. The SMILES string of the molecule is CC(=O)NCCNC(=O)CCC(=O)c1ccc(F)cc1. The van der Waals surface area contributed by atoms with Gasteiger partial charge in [0.25, 0.3) is 0 Å². The molecule has 0 unspecified atom stereocenters. The first-order valence-electron chi connectivity index (χ1n) is 6.29. The number of Topliss-reactive ketones (excluding diaryl/α,β-unsaturated/α-hetero) is 1. The minimum Gasteiger partial charge on any atom is -0.355 e. The Kier molecular flexibility index (Phi) is 6.36. The van der Waals surface area contributed by atoms with Gasteiger partial charge in [0.2, 0.25) is 11.8 Å². The van der Waals surface area contributed by atoms with Crippen molar-refractivity contribution in [3.63, 3.8) is 0 Å². The van der Waals surface area contributed by atoms with Gasteiger partial charge in [-0.25, -0.2) is 4.39 Å². The highest BCUT2D eigenvalue weighted by molar-refractivity contribution is 5.97. The van der Waals surface area contributed by atoms with Crippen molar-refractivity contribution in [3.05, 3.63) is 35.6 Å². The van der Waals surface area contributed by atoms with E-state index in [0.717, 1.165) is 0 Å². The summed E-state index contributed by atoms with van der Waals surface area (Å²) >= 11 is 0. The van der Waals surface area contributed by atoms with Crippen LogP contribution in [0, 0.1) is 5.82 Å². The lowest BCUT2D eigenvalue weighted by Gasteiger charge is -2.05. The molecule has 1 aromatic rings. The Morgan fingerprint density at radius 3 is 2.20 bits per heavy atom. The topological polar surface area (TPSA) is 75.3 Å². The van der Waals surface area contributed by atoms with Crippen LogP contribution in [-0.2, 0) is 9.59 Å². The number of amides is 2. The van der Waals surface area contributed by atoms with Crippen molar-refractivity contribution in [3.8, 4) is 0 Å². The van der Waals surface area contributed by atoms with Gasteiger partial charge in [-0.3, -0.25) is 14.4 Å². The standard InChI is InChI=1S/C14H17FN2O3/c1-10(18)16-8-9-17-14(20)7-6-13(19)11-2-4-12(15)5-3-11/h2-5H,6-9H2,1H3,(H,16,18)(H,17,20). The molecule has 5 nitrogen and oxygen atoms in total. The first-order chi connectivity index (χ1) is 9.49. The van der Waals surface area contributed by atoms with Crippen LogP contribution in [0.4, 0.5) is 4.39 Å². The van der Waals surface area contributed by atoms with Gasteiger partial charge in [0.05, 0.1) is 0 Å². The number of halogens is 1. The zero-order valence-corrected chi connectivity index (χ0v) is 11.2. The number of hydrogen-bond donors (Lipinski definition) is 2. The molecule has 1 rings (SSSR count). The fourth-order valence-corrected chi connectivity index (χ4v) is 1.54. The lowest BCUT2D eigenvalue weighted by Crippen LogP contribution is -2.33. The van der Waals surface area contributed by atoms with Gasteiger partial charge in [-0.1, -0.05) is 0 Å². The summed E-state index contributed by atoms with van der Waals surface area (Å²) in [6.07, 6.45) is 0.133. The third kappa shape index (κ3) is 6.08. The molecule has 0 fully saturated rings. The fourth-order valence-electron chi connectivity index (χ4n) is 1.54. The van der Waals surface area contributed by atoms with Crippen LogP contribution in [0.15, 0.2) is 24.3 Å². The van der Waals surface area contributed by atoms with Crippen molar-refractivity contribution in [1.29, 1.82) is 0 Å². The van der Waals surface area contributed by atoms with Gasteiger partial charge in [-0.15, -0.1) is 0 Å². The number of ketones is 1. The van der Waals surface area contributed by atoms with Crippen LogP contribution in [0.25, 0.3) is 0 Å². The minimum absolute atomic E-state index is 0.0658. The zero-order valence-electron chi connectivity index (χ0n) is 11.2. The summed E-state index contributed by atoms with van der Waals surface area (Å²) in [5, 5.41) is 5.13. The van der Waals surface area contributed by atoms with Crippen molar-refractivity contribution in [1.82, 2.24) is 10.6 Å². The molecule has 0 heterocycles. The van der Waals surface area contributed by atoms with Crippen LogP contribution in [0.3, 0.4) is 0 Å². The van der Waals surface area contributed by atoms with Gasteiger partial charge in [0.1, 0.15) is 5.82 Å². The number of rotatable bonds is 7. The Labute approximate surface area is 116 Å². The first kappa shape index (κ1) is 15.8. The van der Waals surface area contributed by atoms with Crippen molar-refractivity contribution in [2.24, 2.45) is 0 Å². The highest BCUT2D eigenvalue weighted by atomic mass is 19.1. The van der Waals surface area contributed by atoms with E-state index < -0.39 is 5.82 Å². The molecule has 0 saturated carbocycles. The third-order valence-electron chi connectivity index (χ3n) is 2.57. The van der Waals surface area contributed by atoms with Crippen molar-refractivity contribution >= 4 is 17.6 Å². The van der Waals surface area contributed by atoms with E-state index in [1.54, 1.807) is 0 Å². The molecular formula is C14H17FN2O3. The van der Waals surface area contributed by atoms with Crippen LogP contribution in [-0.4, -0.2) is 30.7 Å². The molecule has 1 aromatic carbocycles. The highest BCUT2D eigenvalue weighted by Crippen LogP contribution is 2.07. The molecule has 0 aliphatic heterocycles. The maximum absolute atomic E-state index is 12.7. The van der Waals surface area contributed by atoms with Crippen LogP contribution < -0.4 is 10.6 Å². The molecular weight excluding hydrogens is 263 g/mol. The summed E-state index contributed by atoms with van der Waals surface area (Å²) in [7, 11) is 0. The quantitative estimate of drug-likeness (QED) is 0.579. The van der Waals surface area contributed by atoms with Crippen LogP contribution in [0.2, 0.25) is 0 Å². The summed E-state index contributed by atoms with van der Waals surface area (Å²) in [4.78, 5) is 33.8. The summed E-state index contributed by atoms with van der Waals surface area (Å²) in [6, 6.07) is 5.21. The smallest absolute Gasteiger partial charge is 0.220 e. The second-order valence-corrected chi connectivity index (χ2v) is 4.26. The Balaban J connectivity index is 2.25. The van der Waals surface area contributed by atoms with E-state index in [9.17, 15) is 18.8 Å². The lowest BCUT2D eigenvalue weighted by atomic mass is 10.1. The predicted octanol–water partition coefficient (Wildman–Crippen LogP) is 1.04. The van der Waals surface area contributed by atoms with E-state index in [1.807, 2.05) is 0 Å². The van der Waals surface area contributed by atoms with Gasteiger partial charge < -0.3 is 10.6 Å². The normalized spacial score (nSPS) is 9.90. The Morgan fingerprint density at radius 1 is 1.00 bits per heavy atom. The maximum Gasteiger partial charge on any atom is 0.220 e. The van der Waals surface area contributed by atoms with Crippen molar-refractivity contribution < 1.29 is 18.8 Å². The third-order valence-corrected chi connectivity index (χ3v) is 2.57. The first-order valence-corrected chi connectivity index (χ1v) is 6.29. The Hall–Kier alpha value is -2.24. The average molecular weight is 280 g/mol. The van der Waals surface area contributed by atoms with Crippen LogP contribution in [0.5, 0.6) is 0 Å². The highest BCUT2D eigenvalue weighted by Gasteiger charge is 2.09. The van der Waals surface area contributed by atoms with E-state index in [-0.39, 0.29) is 30.4 Å². The molecule has 0 aromatic heterocycles. The number of benzene rings is 1. The van der Waals surface area contributed by atoms with Gasteiger partial charge in [0.15, 0.2) is 5.78 Å². The fraction of sp³-hybridized carbons (Fsp3) is 0.357. The molecule has 0 aliphatic carbocycles. The molecule has 0 radical (unpaired) electrons. The molecule has 0 aliphatic rings. The minimum atomic E-state index is -0.405. The van der Waals surface area contributed by atoms with Gasteiger partial charge in [-0.2, -0.15) is 0 Å². The Bertz CT molecular complexity index is 486. The molecule has 2 amide bonds. The molecule has 0 atom stereocenters. The molecule has 6 heteroatoms.